The molecule has 0 radical (unpaired) electrons. The molecule has 27 heavy (non-hydrogen) atoms. The van der Waals surface area contributed by atoms with Crippen LogP contribution in [-0.4, -0.2) is 27.5 Å². The van der Waals surface area contributed by atoms with Gasteiger partial charge in [0.2, 0.25) is 15.9 Å². The SMILES string of the molecule is CCOc1ccc(NC(=O)CCCNS(=O)(=O)c2ccc(F)cc2F)cc1. The summed E-state index contributed by atoms with van der Waals surface area (Å²) >= 11 is 0. The second kappa shape index (κ2) is 9.43. The first-order chi connectivity index (χ1) is 12.8. The lowest BCUT2D eigenvalue weighted by Crippen LogP contribution is -2.26. The average Bonchev–Trinajstić information content (AvgIpc) is 2.60. The number of carbonyl (C=O) groups is 1. The van der Waals surface area contributed by atoms with Gasteiger partial charge in [0.15, 0.2) is 0 Å². The van der Waals surface area contributed by atoms with Crippen molar-refractivity contribution in [3.05, 3.63) is 54.1 Å². The van der Waals surface area contributed by atoms with Gasteiger partial charge in [0.25, 0.3) is 0 Å². The van der Waals surface area contributed by atoms with Gasteiger partial charge in [0, 0.05) is 24.7 Å². The number of halogens is 2. The summed E-state index contributed by atoms with van der Waals surface area (Å²) in [5, 5.41) is 2.68. The number of hydrogen-bond donors (Lipinski definition) is 2. The lowest BCUT2D eigenvalue weighted by Gasteiger charge is -2.09. The zero-order valence-corrected chi connectivity index (χ0v) is 15.5. The topological polar surface area (TPSA) is 84.5 Å². The van der Waals surface area contributed by atoms with E-state index >= 15 is 0 Å². The highest BCUT2D eigenvalue weighted by Gasteiger charge is 2.19. The van der Waals surface area contributed by atoms with Gasteiger partial charge in [-0.15, -0.1) is 0 Å². The lowest BCUT2D eigenvalue weighted by atomic mass is 10.2. The minimum atomic E-state index is -4.11. The Labute approximate surface area is 156 Å². The first-order valence-corrected chi connectivity index (χ1v) is 9.77. The molecular formula is C18H20F2N2O4S. The summed E-state index contributed by atoms with van der Waals surface area (Å²) < 4.78 is 57.9. The Hall–Kier alpha value is -2.52. The third kappa shape index (κ3) is 6.30. The quantitative estimate of drug-likeness (QED) is 0.636. The Morgan fingerprint density at radius 1 is 1.11 bits per heavy atom. The summed E-state index contributed by atoms with van der Waals surface area (Å²) in [7, 11) is -4.11. The molecule has 2 aromatic rings. The Balaban J connectivity index is 1.79. The monoisotopic (exact) mass is 398 g/mol. The maximum absolute atomic E-state index is 13.6. The van der Waals surface area contributed by atoms with Crippen molar-refractivity contribution >= 4 is 21.6 Å². The molecule has 0 aliphatic carbocycles. The summed E-state index contributed by atoms with van der Waals surface area (Å²) in [5.74, 6) is -1.63. The highest BCUT2D eigenvalue weighted by atomic mass is 32.2. The van der Waals surface area contributed by atoms with Crippen LogP contribution in [0.25, 0.3) is 0 Å². The fourth-order valence-corrected chi connectivity index (χ4v) is 3.38. The third-order valence-electron chi connectivity index (χ3n) is 3.51. The van der Waals surface area contributed by atoms with Crippen molar-refractivity contribution in [3.8, 4) is 5.75 Å². The van der Waals surface area contributed by atoms with E-state index in [1.54, 1.807) is 24.3 Å². The molecular weight excluding hydrogens is 378 g/mol. The predicted molar refractivity (Wildman–Crippen MR) is 97.0 cm³/mol. The lowest BCUT2D eigenvalue weighted by molar-refractivity contribution is -0.116. The van der Waals surface area contributed by atoms with Gasteiger partial charge in [0.1, 0.15) is 22.3 Å². The minimum absolute atomic E-state index is 0.0597. The standard InChI is InChI=1S/C18H20F2N2O4S/c1-2-26-15-8-6-14(7-9-15)22-18(23)4-3-11-21-27(24,25)17-10-5-13(19)12-16(17)20/h5-10,12,21H,2-4,11H2,1H3,(H,22,23). The highest BCUT2D eigenvalue weighted by molar-refractivity contribution is 7.89. The van der Waals surface area contributed by atoms with Crippen LogP contribution in [0, 0.1) is 11.6 Å². The highest BCUT2D eigenvalue weighted by Crippen LogP contribution is 2.17. The van der Waals surface area contributed by atoms with E-state index in [0.29, 0.717) is 24.1 Å². The molecule has 1 amide bonds. The summed E-state index contributed by atoms with van der Waals surface area (Å²) in [6.45, 7) is 2.35. The number of sulfonamides is 1. The number of amides is 1. The van der Waals surface area contributed by atoms with Gasteiger partial charge in [-0.05, 0) is 49.7 Å². The van der Waals surface area contributed by atoms with Crippen molar-refractivity contribution < 1.29 is 26.7 Å². The molecule has 0 aliphatic heterocycles. The van der Waals surface area contributed by atoms with Crippen LogP contribution in [0.3, 0.4) is 0 Å². The number of carbonyl (C=O) groups excluding carboxylic acids is 1. The molecule has 0 spiro atoms. The second-order valence-electron chi connectivity index (χ2n) is 5.58. The maximum atomic E-state index is 13.6. The Kier molecular flexibility index (Phi) is 7.26. The molecule has 146 valence electrons. The number of hydrogen-bond acceptors (Lipinski definition) is 4. The average molecular weight is 398 g/mol. The van der Waals surface area contributed by atoms with Gasteiger partial charge in [-0.3, -0.25) is 4.79 Å². The van der Waals surface area contributed by atoms with Crippen LogP contribution in [-0.2, 0) is 14.8 Å². The number of ether oxygens (including phenoxy) is 1. The molecule has 6 nitrogen and oxygen atoms in total. The molecule has 2 N–H and O–H groups in total. The summed E-state index contributed by atoms with van der Waals surface area (Å²) in [5.41, 5.74) is 0.595. The zero-order valence-electron chi connectivity index (χ0n) is 14.7. The van der Waals surface area contributed by atoms with Crippen LogP contribution < -0.4 is 14.8 Å². The molecule has 0 atom stereocenters. The number of rotatable bonds is 9. The molecule has 0 saturated carbocycles. The Bertz CT molecular complexity index is 887. The van der Waals surface area contributed by atoms with Crippen LogP contribution in [0.1, 0.15) is 19.8 Å². The largest absolute Gasteiger partial charge is 0.494 e. The summed E-state index contributed by atoms with van der Waals surface area (Å²) in [6, 6.07) is 9.06. The van der Waals surface area contributed by atoms with E-state index in [-0.39, 0.29) is 25.3 Å². The molecule has 0 heterocycles. The molecule has 2 rings (SSSR count). The normalized spacial score (nSPS) is 11.2. The van der Waals surface area contributed by atoms with Gasteiger partial charge >= 0.3 is 0 Å². The van der Waals surface area contributed by atoms with E-state index in [4.69, 9.17) is 4.74 Å². The first kappa shape index (κ1) is 20.8. The zero-order chi connectivity index (χ0) is 19.9. The molecule has 0 bridgehead atoms. The van der Waals surface area contributed by atoms with E-state index < -0.39 is 26.6 Å². The summed E-state index contributed by atoms with van der Waals surface area (Å²) in [6.07, 6.45) is 0.284. The van der Waals surface area contributed by atoms with Crippen molar-refractivity contribution in [2.24, 2.45) is 0 Å². The fraction of sp³-hybridized carbons (Fsp3) is 0.278. The van der Waals surface area contributed by atoms with E-state index in [0.717, 1.165) is 12.1 Å². The molecule has 2 aromatic carbocycles. The number of benzene rings is 2. The van der Waals surface area contributed by atoms with Crippen LogP contribution >= 0.6 is 0 Å². The van der Waals surface area contributed by atoms with Gasteiger partial charge < -0.3 is 10.1 Å². The van der Waals surface area contributed by atoms with Crippen LogP contribution in [0.4, 0.5) is 14.5 Å². The summed E-state index contributed by atoms with van der Waals surface area (Å²) in [4.78, 5) is 11.3. The first-order valence-electron chi connectivity index (χ1n) is 8.29. The van der Waals surface area contributed by atoms with Crippen molar-refractivity contribution in [2.75, 3.05) is 18.5 Å². The van der Waals surface area contributed by atoms with E-state index in [1.807, 2.05) is 6.92 Å². The van der Waals surface area contributed by atoms with Gasteiger partial charge in [-0.25, -0.2) is 21.9 Å². The Morgan fingerprint density at radius 3 is 2.44 bits per heavy atom. The second-order valence-corrected chi connectivity index (χ2v) is 7.32. The minimum Gasteiger partial charge on any atom is -0.494 e. The predicted octanol–water partition coefficient (Wildman–Crippen LogP) is 3.06. The van der Waals surface area contributed by atoms with Crippen molar-refractivity contribution in [2.45, 2.75) is 24.7 Å². The fourth-order valence-electron chi connectivity index (χ4n) is 2.25. The molecule has 0 unspecified atom stereocenters. The molecule has 0 fully saturated rings. The molecule has 0 saturated heterocycles. The van der Waals surface area contributed by atoms with E-state index in [1.165, 1.54) is 0 Å². The van der Waals surface area contributed by atoms with Crippen LogP contribution in [0.15, 0.2) is 47.4 Å². The number of anilines is 1. The third-order valence-corrected chi connectivity index (χ3v) is 5.00. The number of nitrogens with one attached hydrogen (secondary N) is 2. The molecule has 0 aliphatic rings. The van der Waals surface area contributed by atoms with E-state index in [9.17, 15) is 22.0 Å². The smallest absolute Gasteiger partial charge is 0.243 e. The van der Waals surface area contributed by atoms with Gasteiger partial charge in [-0.2, -0.15) is 0 Å². The van der Waals surface area contributed by atoms with Crippen molar-refractivity contribution in [1.82, 2.24) is 4.72 Å². The Morgan fingerprint density at radius 2 is 1.81 bits per heavy atom. The van der Waals surface area contributed by atoms with Crippen molar-refractivity contribution in [3.63, 3.8) is 0 Å². The van der Waals surface area contributed by atoms with E-state index in [2.05, 4.69) is 10.0 Å². The van der Waals surface area contributed by atoms with Gasteiger partial charge in [0.05, 0.1) is 6.61 Å². The van der Waals surface area contributed by atoms with Crippen molar-refractivity contribution in [1.29, 1.82) is 0 Å². The van der Waals surface area contributed by atoms with Crippen LogP contribution in [0.5, 0.6) is 5.75 Å². The van der Waals surface area contributed by atoms with Crippen LogP contribution in [0.2, 0.25) is 0 Å². The molecule has 9 heteroatoms. The maximum Gasteiger partial charge on any atom is 0.243 e. The van der Waals surface area contributed by atoms with Gasteiger partial charge in [-0.1, -0.05) is 0 Å². The molecule has 0 aromatic heterocycles.